The highest BCUT2D eigenvalue weighted by atomic mass is 16.6. The van der Waals surface area contributed by atoms with Crippen molar-refractivity contribution in [3.63, 3.8) is 0 Å². The van der Waals surface area contributed by atoms with E-state index in [0.29, 0.717) is 44.2 Å². The van der Waals surface area contributed by atoms with Crippen molar-refractivity contribution in [2.75, 3.05) is 13.2 Å². The summed E-state index contributed by atoms with van der Waals surface area (Å²) in [4.78, 5) is 23.7. The molecule has 3 fully saturated rings. The first-order valence-electron chi connectivity index (χ1n) is 10.3. The Bertz CT molecular complexity index is 479. The second-order valence-corrected chi connectivity index (χ2v) is 8.07. The van der Waals surface area contributed by atoms with Gasteiger partial charge in [0.25, 0.3) is 0 Å². The van der Waals surface area contributed by atoms with Gasteiger partial charge >= 0.3 is 11.9 Å². The Hall–Kier alpha value is -1.14. The molecule has 3 aliphatic rings. The van der Waals surface area contributed by atoms with Gasteiger partial charge in [0, 0.05) is 6.42 Å². The van der Waals surface area contributed by atoms with Crippen molar-refractivity contribution in [1.29, 1.82) is 0 Å². The van der Waals surface area contributed by atoms with Crippen LogP contribution in [0.1, 0.15) is 70.6 Å². The van der Waals surface area contributed by atoms with E-state index >= 15 is 0 Å². The maximum Gasteiger partial charge on any atom is 0.309 e. The molecular formula is C20H32O6. The van der Waals surface area contributed by atoms with Crippen molar-refractivity contribution in [3.8, 4) is 0 Å². The molecule has 0 spiro atoms. The molecule has 1 saturated heterocycles. The summed E-state index contributed by atoms with van der Waals surface area (Å²) < 4.78 is 16.2. The van der Waals surface area contributed by atoms with Crippen LogP contribution in [-0.4, -0.2) is 48.6 Å². The van der Waals surface area contributed by atoms with E-state index in [-0.39, 0.29) is 24.0 Å². The van der Waals surface area contributed by atoms with Crippen LogP contribution >= 0.6 is 0 Å². The fraction of sp³-hybridized carbons (Fsp3) is 0.900. The predicted molar refractivity (Wildman–Crippen MR) is 94.4 cm³/mol. The normalized spacial score (nSPS) is 33.2. The topological polar surface area (TPSA) is 85.4 Å². The van der Waals surface area contributed by atoms with Crippen molar-refractivity contribution in [3.05, 3.63) is 0 Å². The molecule has 0 aromatic heterocycles. The smallest absolute Gasteiger partial charge is 0.309 e. The number of esters is 2. The van der Waals surface area contributed by atoms with Crippen molar-refractivity contribution in [2.45, 2.75) is 88.9 Å². The Morgan fingerprint density at radius 3 is 2.65 bits per heavy atom. The Kier molecular flexibility index (Phi) is 7.32. The number of carbonyl (C=O) groups is 2. The molecule has 2 aliphatic carbocycles. The maximum atomic E-state index is 11.9. The lowest BCUT2D eigenvalue weighted by Crippen LogP contribution is -2.27. The summed E-state index contributed by atoms with van der Waals surface area (Å²) in [6.07, 6.45) is 9.59. The third kappa shape index (κ3) is 6.23. The van der Waals surface area contributed by atoms with E-state index < -0.39 is 0 Å². The molecule has 1 aliphatic heterocycles. The zero-order chi connectivity index (χ0) is 18.4. The van der Waals surface area contributed by atoms with Crippen LogP contribution in [0.4, 0.5) is 0 Å². The zero-order valence-electron chi connectivity index (χ0n) is 15.6. The lowest BCUT2D eigenvalue weighted by molar-refractivity contribution is -0.151. The van der Waals surface area contributed by atoms with E-state index in [1.165, 1.54) is 0 Å². The molecule has 6 heteroatoms. The number of fused-ring (bicyclic) bond motifs is 1. The Morgan fingerprint density at radius 2 is 1.85 bits per heavy atom. The minimum Gasteiger partial charge on any atom is -0.465 e. The second kappa shape index (κ2) is 9.70. The first kappa shape index (κ1) is 19.6. The highest BCUT2D eigenvalue weighted by molar-refractivity contribution is 5.72. The number of unbranched alkanes of at least 4 members (excludes halogenated alkanes) is 2. The quantitative estimate of drug-likeness (QED) is 0.383. The molecule has 1 N–H and O–H groups in total. The van der Waals surface area contributed by atoms with E-state index in [1.807, 2.05) is 0 Å². The van der Waals surface area contributed by atoms with Gasteiger partial charge in [0.15, 0.2) is 0 Å². The number of ether oxygens (including phenoxy) is 3. The SMILES string of the molecule is O=C(CCCCCOC(=O)C1CCCC(O)C1)OCC1CCC2OC2C1. The van der Waals surface area contributed by atoms with Gasteiger partial charge in [-0.05, 0) is 63.7 Å². The van der Waals surface area contributed by atoms with Gasteiger partial charge in [-0.15, -0.1) is 0 Å². The number of epoxide rings is 1. The number of hydrogen-bond donors (Lipinski definition) is 1. The molecule has 1 heterocycles. The van der Waals surface area contributed by atoms with Crippen LogP contribution in [0, 0.1) is 11.8 Å². The van der Waals surface area contributed by atoms with Crippen LogP contribution < -0.4 is 0 Å². The van der Waals surface area contributed by atoms with Gasteiger partial charge in [-0.3, -0.25) is 9.59 Å². The maximum absolute atomic E-state index is 11.9. The van der Waals surface area contributed by atoms with Crippen molar-refractivity contribution in [1.82, 2.24) is 0 Å². The summed E-state index contributed by atoms with van der Waals surface area (Å²) in [7, 11) is 0. The zero-order valence-corrected chi connectivity index (χ0v) is 15.6. The minimum atomic E-state index is -0.362. The summed E-state index contributed by atoms with van der Waals surface area (Å²) in [6.45, 7) is 0.918. The summed E-state index contributed by atoms with van der Waals surface area (Å²) in [5.41, 5.74) is 0. The standard InChI is InChI=1S/C20H32O6/c21-16-6-4-5-15(12-16)20(23)24-10-3-1-2-7-19(22)25-13-14-8-9-17-18(11-14)26-17/h14-18,21H,1-13H2. The third-order valence-electron chi connectivity index (χ3n) is 5.84. The van der Waals surface area contributed by atoms with Crippen molar-refractivity contribution in [2.24, 2.45) is 11.8 Å². The van der Waals surface area contributed by atoms with E-state index in [1.54, 1.807) is 0 Å². The average molecular weight is 368 g/mol. The minimum absolute atomic E-state index is 0.128. The molecule has 0 bridgehead atoms. The second-order valence-electron chi connectivity index (χ2n) is 8.07. The van der Waals surface area contributed by atoms with Crippen LogP contribution in [0.5, 0.6) is 0 Å². The van der Waals surface area contributed by atoms with E-state index in [0.717, 1.165) is 57.8 Å². The largest absolute Gasteiger partial charge is 0.465 e. The Labute approximate surface area is 155 Å². The fourth-order valence-electron chi connectivity index (χ4n) is 4.14. The van der Waals surface area contributed by atoms with E-state index in [2.05, 4.69) is 0 Å². The molecule has 0 amide bonds. The molecule has 0 aromatic rings. The molecule has 6 nitrogen and oxygen atoms in total. The average Bonchev–Trinajstić information content (AvgIpc) is 3.41. The van der Waals surface area contributed by atoms with Gasteiger partial charge in [-0.25, -0.2) is 0 Å². The van der Waals surface area contributed by atoms with Crippen LogP contribution in [0.2, 0.25) is 0 Å². The predicted octanol–water partition coefficient (Wildman–Crippen LogP) is 2.75. The molecular weight excluding hydrogens is 336 g/mol. The number of carbonyl (C=O) groups excluding carboxylic acids is 2. The molecule has 2 saturated carbocycles. The molecule has 148 valence electrons. The van der Waals surface area contributed by atoms with Gasteiger partial charge in [0.1, 0.15) is 0 Å². The van der Waals surface area contributed by atoms with Crippen LogP contribution in [0.25, 0.3) is 0 Å². The summed E-state index contributed by atoms with van der Waals surface area (Å²) in [5, 5.41) is 9.61. The highest BCUT2D eigenvalue weighted by Gasteiger charge is 2.43. The van der Waals surface area contributed by atoms with Gasteiger partial charge < -0.3 is 19.3 Å². The van der Waals surface area contributed by atoms with E-state index in [9.17, 15) is 14.7 Å². The van der Waals surface area contributed by atoms with Crippen LogP contribution in [0.3, 0.4) is 0 Å². The Balaban J connectivity index is 1.15. The monoisotopic (exact) mass is 368 g/mol. The number of aliphatic hydroxyl groups excluding tert-OH is 1. The summed E-state index contributed by atoms with van der Waals surface area (Å²) >= 11 is 0. The van der Waals surface area contributed by atoms with Gasteiger partial charge in [0.2, 0.25) is 0 Å². The fourth-order valence-corrected chi connectivity index (χ4v) is 4.14. The Morgan fingerprint density at radius 1 is 0.962 bits per heavy atom. The van der Waals surface area contributed by atoms with Gasteiger partial charge in [-0.1, -0.05) is 6.42 Å². The molecule has 5 unspecified atom stereocenters. The first-order valence-corrected chi connectivity index (χ1v) is 10.3. The molecule has 5 atom stereocenters. The van der Waals surface area contributed by atoms with E-state index in [4.69, 9.17) is 14.2 Å². The third-order valence-corrected chi connectivity index (χ3v) is 5.84. The van der Waals surface area contributed by atoms with Crippen LogP contribution in [-0.2, 0) is 23.8 Å². The lowest BCUT2D eigenvalue weighted by Gasteiger charge is -2.24. The molecule has 26 heavy (non-hydrogen) atoms. The molecule has 0 aromatic carbocycles. The van der Waals surface area contributed by atoms with Crippen LogP contribution in [0.15, 0.2) is 0 Å². The summed E-state index contributed by atoms with van der Waals surface area (Å²) in [5.74, 6) is -0.000184. The van der Waals surface area contributed by atoms with Crippen molar-refractivity contribution < 1.29 is 28.9 Å². The number of aliphatic hydroxyl groups is 1. The highest BCUT2D eigenvalue weighted by Crippen LogP contribution is 2.39. The van der Waals surface area contributed by atoms with Gasteiger partial charge in [-0.2, -0.15) is 0 Å². The summed E-state index contributed by atoms with van der Waals surface area (Å²) in [6, 6.07) is 0. The number of hydrogen-bond acceptors (Lipinski definition) is 6. The molecule has 3 rings (SSSR count). The lowest BCUT2D eigenvalue weighted by atomic mass is 9.87. The molecule has 0 radical (unpaired) electrons. The number of rotatable bonds is 9. The first-order chi connectivity index (χ1) is 12.6. The van der Waals surface area contributed by atoms with Gasteiger partial charge in [0.05, 0.1) is 37.4 Å². The van der Waals surface area contributed by atoms with Crippen molar-refractivity contribution >= 4 is 11.9 Å².